The van der Waals surface area contributed by atoms with Gasteiger partial charge in [-0.1, -0.05) is 0 Å². The number of ether oxygens (including phenoxy) is 1. The second kappa shape index (κ2) is 5.40. The third-order valence-electron chi connectivity index (χ3n) is 4.31. The zero-order valence-electron chi connectivity index (χ0n) is 12.0. The number of amidine groups is 1. The first-order valence-electron chi connectivity index (χ1n) is 7.30. The Labute approximate surface area is 119 Å². The van der Waals surface area contributed by atoms with Gasteiger partial charge in [0, 0.05) is 31.8 Å². The van der Waals surface area contributed by atoms with Gasteiger partial charge in [-0.2, -0.15) is 0 Å². The van der Waals surface area contributed by atoms with E-state index in [-0.39, 0.29) is 5.84 Å². The van der Waals surface area contributed by atoms with Crippen LogP contribution in [0, 0.1) is 11.3 Å². The number of nitrogens with two attached hydrogens (primary N) is 1. The van der Waals surface area contributed by atoms with Gasteiger partial charge in [-0.3, -0.25) is 5.41 Å². The standard InChI is InChI=1S/C15H22N4O/c1-20-9-10-5-6-19(8-10)15-12(14(16)17)7-11-3-2-4-13(11)18-15/h7,10H,2-6,8-9H2,1H3,(H3,16,17). The molecule has 1 aliphatic carbocycles. The van der Waals surface area contributed by atoms with E-state index in [4.69, 9.17) is 20.9 Å². The molecule has 3 N–H and O–H groups in total. The SMILES string of the molecule is COCC1CCN(c2nc3c(cc2C(=N)N)CCC3)C1. The molecule has 5 heteroatoms. The lowest BCUT2D eigenvalue weighted by atomic mass is 10.1. The summed E-state index contributed by atoms with van der Waals surface area (Å²) >= 11 is 0. The number of nitrogen functional groups attached to an aromatic ring is 1. The summed E-state index contributed by atoms with van der Waals surface area (Å²) in [7, 11) is 1.75. The fourth-order valence-corrected chi connectivity index (χ4v) is 3.30. The van der Waals surface area contributed by atoms with Crippen LogP contribution in [0.25, 0.3) is 0 Å². The van der Waals surface area contributed by atoms with Crippen LogP contribution in [0.5, 0.6) is 0 Å². The maximum atomic E-state index is 7.82. The smallest absolute Gasteiger partial charge is 0.139 e. The van der Waals surface area contributed by atoms with Crippen LogP contribution < -0.4 is 10.6 Å². The predicted octanol–water partition coefficient (Wildman–Crippen LogP) is 1.33. The Hall–Kier alpha value is -1.62. The van der Waals surface area contributed by atoms with E-state index in [0.717, 1.165) is 56.8 Å². The van der Waals surface area contributed by atoms with Crippen molar-refractivity contribution in [2.45, 2.75) is 25.7 Å². The van der Waals surface area contributed by atoms with Gasteiger partial charge in [-0.05, 0) is 37.3 Å². The quantitative estimate of drug-likeness (QED) is 0.641. The Morgan fingerprint density at radius 1 is 1.55 bits per heavy atom. The summed E-state index contributed by atoms with van der Waals surface area (Å²) in [5.41, 5.74) is 9.02. The van der Waals surface area contributed by atoms with E-state index < -0.39 is 0 Å². The molecule has 0 spiro atoms. The lowest BCUT2D eigenvalue weighted by molar-refractivity contribution is 0.161. The Bertz CT molecular complexity index is 529. The van der Waals surface area contributed by atoms with Crippen molar-refractivity contribution >= 4 is 11.7 Å². The normalized spacial score (nSPS) is 21.2. The predicted molar refractivity (Wildman–Crippen MR) is 79.5 cm³/mol. The number of hydrogen-bond donors (Lipinski definition) is 2. The molecular weight excluding hydrogens is 252 g/mol. The monoisotopic (exact) mass is 274 g/mol. The molecule has 20 heavy (non-hydrogen) atoms. The highest BCUT2D eigenvalue weighted by molar-refractivity contribution is 6.00. The van der Waals surface area contributed by atoms with Crippen LogP contribution in [-0.2, 0) is 17.6 Å². The summed E-state index contributed by atoms with van der Waals surface area (Å²) in [6.45, 7) is 2.71. The van der Waals surface area contributed by atoms with Gasteiger partial charge < -0.3 is 15.4 Å². The second-order valence-corrected chi connectivity index (χ2v) is 5.79. The van der Waals surface area contributed by atoms with Gasteiger partial charge in [-0.25, -0.2) is 4.98 Å². The maximum Gasteiger partial charge on any atom is 0.139 e. The number of rotatable bonds is 4. The molecule has 1 aliphatic heterocycles. The molecule has 3 rings (SSSR count). The first-order valence-corrected chi connectivity index (χ1v) is 7.30. The molecule has 5 nitrogen and oxygen atoms in total. The molecule has 1 aromatic rings. The summed E-state index contributed by atoms with van der Waals surface area (Å²) in [6.07, 6.45) is 4.39. The Morgan fingerprint density at radius 2 is 2.40 bits per heavy atom. The van der Waals surface area contributed by atoms with Gasteiger partial charge in [0.05, 0.1) is 12.2 Å². The molecule has 1 unspecified atom stereocenters. The topological polar surface area (TPSA) is 75.2 Å². The number of nitrogens with one attached hydrogen (secondary N) is 1. The van der Waals surface area contributed by atoms with Gasteiger partial charge >= 0.3 is 0 Å². The van der Waals surface area contributed by atoms with Gasteiger partial charge in [0.15, 0.2) is 0 Å². The van der Waals surface area contributed by atoms with Crippen LogP contribution in [0.2, 0.25) is 0 Å². The largest absolute Gasteiger partial charge is 0.384 e. The summed E-state index contributed by atoms with van der Waals surface area (Å²) in [4.78, 5) is 7.08. The zero-order valence-corrected chi connectivity index (χ0v) is 12.0. The number of aryl methyl sites for hydroxylation is 2. The molecular formula is C15H22N4O. The van der Waals surface area contributed by atoms with Crippen molar-refractivity contribution in [3.8, 4) is 0 Å². The molecule has 0 radical (unpaired) electrons. The van der Waals surface area contributed by atoms with Crippen molar-refractivity contribution in [2.75, 3.05) is 31.7 Å². The molecule has 1 atom stereocenters. The molecule has 0 saturated carbocycles. The van der Waals surface area contributed by atoms with Crippen LogP contribution in [0.3, 0.4) is 0 Å². The molecule has 2 heterocycles. The minimum atomic E-state index is 0.123. The first kappa shape index (κ1) is 13.4. The van der Waals surface area contributed by atoms with Crippen molar-refractivity contribution in [2.24, 2.45) is 11.7 Å². The average molecular weight is 274 g/mol. The highest BCUT2D eigenvalue weighted by atomic mass is 16.5. The Balaban J connectivity index is 1.90. The van der Waals surface area contributed by atoms with Crippen LogP contribution in [0.1, 0.15) is 29.7 Å². The van der Waals surface area contributed by atoms with Crippen molar-refractivity contribution in [1.29, 1.82) is 5.41 Å². The number of pyridine rings is 1. The molecule has 0 amide bonds. The number of methoxy groups -OCH3 is 1. The van der Waals surface area contributed by atoms with E-state index >= 15 is 0 Å². The summed E-state index contributed by atoms with van der Waals surface area (Å²) in [5.74, 6) is 1.57. The Morgan fingerprint density at radius 3 is 3.15 bits per heavy atom. The van der Waals surface area contributed by atoms with Crippen LogP contribution in [0.15, 0.2) is 6.07 Å². The van der Waals surface area contributed by atoms with E-state index in [1.807, 2.05) is 0 Å². The van der Waals surface area contributed by atoms with E-state index in [9.17, 15) is 0 Å². The highest BCUT2D eigenvalue weighted by Gasteiger charge is 2.27. The fourth-order valence-electron chi connectivity index (χ4n) is 3.30. The van der Waals surface area contributed by atoms with E-state index in [0.29, 0.717) is 5.92 Å². The van der Waals surface area contributed by atoms with E-state index in [1.54, 1.807) is 7.11 Å². The number of anilines is 1. The van der Waals surface area contributed by atoms with Crippen molar-refractivity contribution in [1.82, 2.24) is 4.98 Å². The third kappa shape index (κ3) is 2.38. The molecule has 108 valence electrons. The average Bonchev–Trinajstić information content (AvgIpc) is 3.05. The lowest BCUT2D eigenvalue weighted by Gasteiger charge is -2.21. The number of nitrogens with zero attached hydrogens (tertiary/aromatic N) is 2. The van der Waals surface area contributed by atoms with Crippen LogP contribution in [0.4, 0.5) is 5.82 Å². The van der Waals surface area contributed by atoms with E-state index in [1.165, 1.54) is 11.3 Å². The minimum absolute atomic E-state index is 0.123. The third-order valence-corrected chi connectivity index (χ3v) is 4.31. The number of hydrogen-bond acceptors (Lipinski definition) is 4. The van der Waals surface area contributed by atoms with Gasteiger partial charge in [-0.15, -0.1) is 0 Å². The lowest BCUT2D eigenvalue weighted by Crippen LogP contribution is -2.26. The minimum Gasteiger partial charge on any atom is -0.384 e. The van der Waals surface area contributed by atoms with E-state index in [2.05, 4.69) is 11.0 Å². The van der Waals surface area contributed by atoms with Crippen molar-refractivity contribution in [3.63, 3.8) is 0 Å². The van der Waals surface area contributed by atoms with Gasteiger partial charge in [0.1, 0.15) is 11.7 Å². The summed E-state index contributed by atoms with van der Waals surface area (Å²) < 4.78 is 5.25. The van der Waals surface area contributed by atoms with Gasteiger partial charge in [0.25, 0.3) is 0 Å². The number of aromatic nitrogens is 1. The molecule has 1 saturated heterocycles. The molecule has 0 aromatic carbocycles. The van der Waals surface area contributed by atoms with Crippen LogP contribution in [-0.4, -0.2) is 37.6 Å². The van der Waals surface area contributed by atoms with Crippen molar-refractivity contribution < 1.29 is 4.74 Å². The van der Waals surface area contributed by atoms with Crippen LogP contribution >= 0.6 is 0 Å². The summed E-state index contributed by atoms with van der Waals surface area (Å²) in [5, 5.41) is 7.82. The molecule has 0 bridgehead atoms. The molecule has 1 fully saturated rings. The Kier molecular flexibility index (Phi) is 3.61. The van der Waals surface area contributed by atoms with Gasteiger partial charge in [0.2, 0.25) is 0 Å². The fraction of sp³-hybridized carbons (Fsp3) is 0.600. The van der Waals surface area contributed by atoms with Crippen molar-refractivity contribution in [3.05, 3.63) is 22.9 Å². The second-order valence-electron chi connectivity index (χ2n) is 5.79. The highest BCUT2D eigenvalue weighted by Crippen LogP contribution is 2.30. The molecule has 1 aromatic heterocycles. The number of fused-ring (bicyclic) bond motifs is 1. The first-order chi connectivity index (χ1) is 9.69. The molecule has 2 aliphatic rings. The zero-order chi connectivity index (χ0) is 14.1. The maximum absolute atomic E-state index is 7.82. The summed E-state index contributed by atoms with van der Waals surface area (Å²) in [6, 6.07) is 2.08.